The lowest BCUT2D eigenvalue weighted by atomic mass is 10.1. The van der Waals surface area contributed by atoms with Gasteiger partial charge in [0.2, 0.25) is 0 Å². The number of hydrogen-bond donors (Lipinski definition) is 1. The largest absolute Gasteiger partial charge is 0.484 e. The molecule has 108 valence electrons. The number of nitrogens with one attached hydrogen (secondary N) is 1. The molecule has 2 aromatic carbocycles. The van der Waals surface area contributed by atoms with Crippen molar-refractivity contribution in [2.75, 3.05) is 6.61 Å². The summed E-state index contributed by atoms with van der Waals surface area (Å²) in [4.78, 5) is 12.1. The Morgan fingerprint density at radius 2 is 1.76 bits per heavy atom. The van der Waals surface area contributed by atoms with Crippen LogP contribution in [-0.4, -0.2) is 12.5 Å². The molecule has 1 aliphatic carbocycles. The molecular formula is C17H16ClNO2. The fourth-order valence-electron chi connectivity index (χ4n) is 2.35. The molecular weight excluding hydrogens is 286 g/mol. The minimum atomic E-state index is -0.193. The fraction of sp³-hybridized carbons (Fsp3) is 0.235. The van der Waals surface area contributed by atoms with Crippen LogP contribution in [0.4, 0.5) is 0 Å². The fourth-order valence-corrected chi connectivity index (χ4v) is 2.48. The number of carbonyl (C=O) groups excluding carboxylic acids is 1. The van der Waals surface area contributed by atoms with Crippen molar-refractivity contribution in [3.63, 3.8) is 0 Å². The molecule has 0 aromatic heterocycles. The van der Waals surface area contributed by atoms with Crippen molar-refractivity contribution in [1.29, 1.82) is 0 Å². The monoisotopic (exact) mass is 301 g/mol. The van der Waals surface area contributed by atoms with Gasteiger partial charge in [-0.05, 0) is 42.7 Å². The summed E-state index contributed by atoms with van der Waals surface area (Å²) in [7, 11) is 0. The Morgan fingerprint density at radius 3 is 2.38 bits per heavy atom. The molecule has 3 rings (SSSR count). The summed E-state index contributed by atoms with van der Waals surface area (Å²) in [5.74, 6) is 0.533. The molecule has 0 atom stereocenters. The summed E-state index contributed by atoms with van der Waals surface area (Å²) in [6.45, 7) is 0.0101. The first-order valence-electron chi connectivity index (χ1n) is 6.93. The number of benzene rings is 2. The van der Waals surface area contributed by atoms with Crippen LogP contribution in [0, 0.1) is 0 Å². The van der Waals surface area contributed by atoms with Gasteiger partial charge in [0.1, 0.15) is 5.75 Å². The van der Waals surface area contributed by atoms with Crippen molar-refractivity contribution in [3.8, 4) is 5.75 Å². The van der Waals surface area contributed by atoms with Crippen LogP contribution in [0.25, 0.3) is 0 Å². The third-order valence-electron chi connectivity index (χ3n) is 3.64. The standard InChI is InChI=1S/C17H16ClNO2/c18-14-6-8-15(9-7-14)21-12-16(20)19-17(10-11-17)13-4-2-1-3-5-13/h1-9H,10-12H2,(H,19,20). The molecule has 1 amide bonds. The summed E-state index contributed by atoms with van der Waals surface area (Å²) < 4.78 is 5.46. The number of rotatable bonds is 5. The first kappa shape index (κ1) is 14.0. The molecule has 1 fully saturated rings. The molecule has 0 saturated heterocycles. The Morgan fingerprint density at radius 1 is 1.10 bits per heavy atom. The van der Waals surface area contributed by atoms with Crippen LogP contribution in [0.2, 0.25) is 5.02 Å². The number of halogens is 1. The zero-order valence-corrected chi connectivity index (χ0v) is 12.3. The highest BCUT2D eigenvalue weighted by molar-refractivity contribution is 6.30. The molecule has 0 bridgehead atoms. The van der Waals surface area contributed by atoms with Crippen LogP contribution in [0.5, 0.6) is 5.75 Å². The van der Waals surface area contributed by atoms with E-state index in [1.807, 2.05) is 30.3 Å². The van der Waals surface area contributed by atoms with E-state index in [4.69, 9.17) is 16.3 Å². The predicted molar refractivity (Wildman–Crippen MR) is 82.4 cm³/mol. The number of amides is 1. The average Bonchev–Trinajstić information content (AvgIpc) is 3.28. The molecule has 1 saturated carbocycles. The third-order valence-corrected chi connectivity index (χ3v) is 3.89. The highest BCUT2D eigenvalue weighted by atomic mass is 35.5. The molecule has 3 nitrogen and oxygen atoms in total. The summed E-state index contributed by atoms with van der Waals surface area (Å²) >= 11 is 5.80. The second kappa shape index (κ2) is 5.78. The number of ether oxygens (including phenoxy) is 1. The number of carbonyl (C=O) groups is 1. The van der Waals surface area contributed by atoms with E-state index >= 15 is 0 Å². The van der Waals surface area contributed by atoms with E-state index in [0.717, 1.165) is 18.4 Å². The maximum Gasteiger partial charge on any atom is 0.258 e. The summed E-state index contributed by atoms with van der Waals surface area (Å²) in [6.07, 6.45) is 1.95. The minimum Gasteiger partial charge on any atom is -0.484 e. The molecule has 1 aliphatic rings. The Hall–Kier alpha value is -2.00. The van der Waals surface area contributed by atoms with Gasteiger partial charge in [-0.1, -0.05) is 41.9 Å². The Labute approximate surface area is 128 Å². The van der Waals surface area contributed by atoms with Crippen LogP contribution < -0.4 is 10.1 Å². The van der Waals surface area contributed by atoms with Crippen molar-refractivity contribution in [1.82, 2.24) is 5.32 Å². The zero-order valence-electron chi connectivity index (χ0n) is 11.5. The van der Waals surface area contributed by atoms with Crippen molar-refractivity contribution in [2.24, 2.45) is 0 Å². The second-order valence-electron chi connectivity index (χ2n) is 5.24. The molecule has 2 aromatic rings. The van der Waals surface area contributed by atoms with E-state index in [0.29, 0.717) is 10.8 Å². The lowest BCUT2D eigenvalue weighted by Gasteiger charge is -2.18. The SMILES string of the molecule is O=C(COc1ccc(Cl)cc1)NC1(c2ccccc2)CC1. The van der Waals surface area contributed by atoms with E-state index in [2.05, 4.69) is 5.32 Å². The quantitative estimate of drug-likeness (QED) is 0.917. The van der Waals surface area contributed by atoms with Crippen molar-refractivity contribution >= 4 is 17.5 Å². The average molecular weight is 302 g/mol. The number of hydrogen-bond acceptors (Lipinski definition) is 2. The van der Waals surface area contributed by atoms with E-state index in [-0.39, 0.29) is 18.1 Å². The second-order valence-corrected chi connectivity index (χ2v) is 5.68. The summed E-state index contributed by atoms with van der Waals surface area (Å²) in [5, 5.41) is 3.72. The molecule has 0 aliphatic heterocycles. The van der Waals surface area contributed by atoms with Gasteiger partial charge in [-0.25, -0.2) is 0 Å². The van der Waals surface area contributed by atoms with Crippen molar-refractivity contribution < 1.29 is 9.53 Å². The maximum atomic E-state index is 12.1. The Balaban J connectivity index is 1.56. The Bertz CT molecular complexity index is 621. The lowest BCUT2D eigenvalue weighted by Crippen LogP contribution is -2.37. The molecule has 0 spiro atoms. The molecule has 21 heavy (non-hydrogen) atoms. The van der Waals surface area contributed by atoms with Gasteiger partial charge >= 0.3 is 0 Å². The van der Waals surface area contributed by atoms with E-state index in [1.54, 1.807) is 24.3 Å². The minimum absolute atomic E-state index is 0.0101. The smallest absolute Gasteiger partial charge is 0.258 e. The first-order chi connectivity index (χ1) is 10.2. The third kappa shape index (κ3) is 3.37. The van der Waals surface area contributed by atoms with Gasteiger partial charge in [0.15, 0.2) is 6.61 Å². The molecule has 0 heterocycles. The molecule has 4 heteroatoms. The van der Waals surface area contributed by atoms with Gasteiger partial charge in [0, 0.05) is 5.02 Å². The van der Waals surface area contributed by atoms with Crippen LogP contribution in [0.3, 0.4) is 0 Å². The van der Waals surface area contributed by atoms with Gasteiger partial charge < -0.3 is 10.1 Å². The lowest BCUT2D eigenvalue weighted by molar-refractivity contribution is -0.124. The van der Waals surface area contributed by atoms with E-state index in [9.17, 15) is 4.79 Å². The normalized spacial score (nSPS) is 15.3. The van der Waals surface area contributed by atoms with Crippen LogP contribution in [0.1, 0.15) is 18.4 Å². The highest BCUT2D eigenvalue weighted by Crippen LogP contribution is 2.45. The maximum absolute atomic E-state index is 12.1. The molecule has 0 unspecified atom stereocenters. The Kier molecular flexibility index (Phi) is 3.84. The highest BCUT2D eigenvalue weighted by Gasteiger charge is 2.45. The topological polar surface area (TPSA) is 38.3 Å². The molecule has 0 radical (unpaired) electrons. The van der Waals surface area contributed by atoms with Crippen molar-refractivity contribution in [2.45, 2.75) is 18.4 Å². The van der Waals surface area contributed by atoms with Crippen LogP contribution in [0.15, 0.2) is 54.6 Å². The molecule has 1 N–H and O–H groups in total. The first-order valence-corrected chi connectivity index (χ1v) is 7.31. The van der Waals surface area contributed by atoms with Gasteiger partial charge in [0.05, 0.1) is 5.54 Å². The predicted octanol–water partition coefficient (Wildman–Crippen LogP) is 3.52. The van der Waals surface area contributed by atoms with Crippen molar-refractivity contribution in [3.05, 3.63) is 65.2 Å². The summed E-state index contributed by atoms with van der Waals surface area (Å²) in [6, 6.07) is 17.0. The zero-order chi connectivity index (χ0) is 14.7. The van der Waals surface area contributed by atoms with Gasteiger partial charge in [-0.3, -0.25) is 4.79 Å². The van der Waals surface area contributed by atoms with E-state index in [1.165, 1.54) is 0 Å². The van der Waals surface area contributed by atoms with Crippen LogP contribution in [-0.2, 0) is 10.3 Å². The van der Waals surface area contributed by atoms with Gasteiger partial charge in [0.25, 0.3) is 5.91 Å². The van der Waals surface area contributed by atoms with Crippen LogP contribution >= 0.6 is 11.6 Å². The van der Waals surface area contributed by atoms with Gasteiger partial charge in [-0.2, -0.15) is 0 Å². The summed E-state index contributed by atoms with van der Waals surface area (Å²) in [5.41, 5.74) is 0.965. The van der Waals surface area contributed by atoms with E-state index < -0.39 is 0 Å². The van der Waals surface area contributed by atoms with Gasteiger partial charge in [-0.15, -0.1) is 0 Å².